The molecule has 0 unspecified atom stereocenters. The first-order valence-corrected chi connectivity index (χ1v) is 14.3. The van der Waals surface area contributed by atoms with Crippen LogP contribution in [-0.2, 0) is 16.6 Å². The Kier molecular flexibility index (Phi) is 6.15. The number of carbonyl (C=O) groups is 3. The second kappa shape index (κ2) is 9.91. The fourth-order valence-corrected chi connectivity index (χ4v) is 7.26. The second-order valence-electron chi connectivity index (χ2n) is 11.3. The van der Waals surface area contributed by atoms with Gasteiger partial charge in [0.2, 0.25) is 5.91 Å². The van der Waals surface area contributed by atoms with Gasteiger partial charge in [0.25, 0.3) is 0 Å². The van der Waals surface area contributed by atoms with Gasteiger partial charge in [0, 0.05) is 23.0 Å². The normalized spacial score (nSPS) is 23.3. The minimum absolute atomic E-state index is 0.273. The molecule has 0 radical (unpaired) electrons. The summed E-state index contributed by atoms with van der Waals surface area (Å²) >= 11 is 0. The smallest absolute Gasteiger partial charge is 0.238 e. The van der Waals surface area contributed by atoms with E-state index in [2.05, 4.69) is 12.2 Å². The van der Waals surface area contributed by atoms with E-state index in [9.17, 15) is 18.8 Å². The molecule has 3 heterocycles. The minimum atomic E-state index is -1.39. The van der Waals surface area contributed by atoms with Gasteiger partial charge in [-0.3, -0.25) is 14.4 Å². The van der Waals surface area contributed by atoms with E-state index in [1.807, 2.05) is 77.8 Å². The molecule has 5 nitrogen and oxygen atoms in total. The first kappa shape index (κ1) is 26.1. The van der Waals surface area contributed by atoms with Crippen LogP contribution in [0.3, 0.4) is 0 Å². The zero-order valence-electron chi connectivity index (χ0n) is 23.1. The summed E-state index contributed by atoms with van der Waals surface area (Å²) in [6, 6.07) is 26.5. The lowest BCUT2D eigenvalue weighted by molar-refractivity contribution is -0.122. The average molecular weight is 557 g/mol. The summed E-state index contributed by atoms with van der Waals surface area (Å²) in [5, 5.41) is 3.06. The van der Waals surface area contributed by atoms with Crippen LogP contribution in [0.25, 0.3) is 6.08 Å². The number of halogens is 1. The minimum Gasteiger partial charge on any atom is -0.358 e. The highest BCUT2D eigenvalue weighted by atomic mass is 19.1. The maximum absolute atomic E-state index is 14.8. The lowest BCUT2D eigenvalue weighted by Crippen LogP contribution is -2.49. The Morgan fingerprint density at radius 3 is 2.29 bits per heavy atom. The largest absolute Gasteiger partial charge is 0.358 e. The highest BCUT2D eigenvalue weighted by Gasteiger charge is 2.70. The van der Waals surface area contributed by atoms with E-state index in [1.54, 1.807) is 12.1 Å². The van der Waals surface area contributed by atoms with Crippen LogP contribution in [0.1, 0.15) is 62.4 Å². The third-order valence-electron chi connectivity index (χ3n) is 9.03. The van der Waals surface area contributed by atoms with Crippen molar-refractivity contribution < 1.29 is 18.8 Å². The number of para-hydroxylation sites is 1. The van der Waals surface area contributed by atoms with E-state index < -0.39 is 29.2 Å². The van der Waals surface area contributed by atoms with Crippen LogP contribution in [0.2, 0.25) is 0 Å². The summed E-state index contributed by atoms with van der Waals surface area (Å²) in [4.78, 5) is 45.7. The highest BCUT2D eigenvalue weighted by Crippen LogP contribution is 2.62. The Bertz CT molecular complexity index is 1760. The number of carbonyl (C=O) groups excluding carboxylic acids is 3. The molecule has 4 aromatic rings. The molecule has 3 aliphatic rings. The Morgan fingerprint density at radius 1 is 0.857 bits per heavy atom. The van der Waals surface area contributed by atoms with Crippen LogP contribution in [0.5, 0.6) is 0 Å². The number of nitrogens with one attached hydrogen (secondary N) is 1. The fraction of sp³-hybridized carbons (Fsp3) is 0.194. The molecular weight excluding hydrogens is 527 g/mol. The summed E-state index contributed by atoms with van der Waals surface area (Å²) in [6.07, 6.45) is 5.63. The van der Waals surface area contributed by atoms with E-state index in [0.29, 0.717) is 16.8 Å². The van der Waals surface area contributed by atoms with Crippen molar-refractivity contribution in [3.63, 3.8) is 0 Å². The molecule has 4 aromatic carbocycles. The van der Waals surface area contributed by atoms with Gasteiger partial charge >= 0.3 is 0 Å². The van der Waals surface area contributed by atoms with Crippen LogP contribution in [0, 0.1) is 11.7 Å². The SMILES string of the molecule is CCCc1ccc(C(=O)[C@H]2[C@@H](C(=O)c3ccc(F)cc3)N3C=Cc4ccccc4[C@@H]3[C@]23C(=O)Nc2ccccc23)cc1. The Morgan fingerprint density at radius 2 is 1.52 bits per heavy atom. The molecule has 208 valence electrons. The van der Waals surface area contributed by atoms with Gasteiger partial charge in [-0.05, 0) is 65.1 Å². The van der Waals surface area contributed by atoms with Gasteiger partial charge in [-0.25, -0.2) is 4.39 Å². The van der Waals surface area contributed by atoms with Crippen molar-refractivity contribution in [1.82, 2.24) is 4.90 Å². The number of benzene rings is 4. The summed E-state index contributed by atoms with van der Waals surface area (Å²) in [7, 11) is 0. The Balaban J connectivity index is 1.50. The van der Waals surface area contributed by atoms with E-state index in [0.717, 1.165) is 29.5 Å². The van der Waals surface area contributed by atoms with Gasteiger partial charge in [0.15, 0.2) is 11.6 Å². The van der Waals surface area contributed by atoms with Crippen molar-refractivity contribution in [2.75, 3.05) is 5.32 Å². The van der Waals surface area contributed by atoms with Gasteiger partial charge in [-0.2, -0.15) is 0 Å². The van der Waals surface area contributed by atoms with Crippen molar-refractivity contribution in [3.8, 4) is 0 Å². The quantitative estimate of drug-likeness (QED) is 0.267. The Hall–Kier alpha value is -4.84. The molecule has 42 heavy (non-hydrogen) atoms. The van der Waals surface area contributed by atoms with Gasteiger partial charge < -0.3 is 10.2 Å². The molecule has 1 spiro atoms. The molecular formula is C36H29FN2O3. The first-order chi connectivity index (χ1) is 20.4. The number of ketones is 2. The molecule has 7 rings (SSSR count). The maximum atomic E-state index is 14.8. The number of hydrogen-bond acceptors (Lipinski definition) is 4. The fourth-order valence-electron chi connectivity index (χ4n) is 7.26. The standard InChI is InChI=1S/C36H29FN2O3/c1-2-7-22-12-14-24(15-13-22)32(40)30-31(33(41)25-16-18-26(37)19-17-25)39-21-20-23-8-3-4-9-27(23)34(39)36(30)28-10-5-6-11-29(28)38-35(36)42/h3-6,8-21,30-31,34H,2,7H2,1H3,(H,38,42)/t30-,31+,34-,36-/m1/s1. The van der Waals surface area contributed by atoms with E-state index in [4.69, 9.17) is 0 Å². The Labute approximate surface area is 243 Å². The van der Waals surface area contributed by atoms with Gasteiger partial charge in [0.1, 0.15) is 17.3 Å². The topological polar surface area (TPSA) is 66.5 Å². The molecule has 1 amide bonds. The number of Topliss-reactive ketones (excluding diaryl/α,β-unsaturated/α-hetero) is 2. The zero-order chi connectivity index (χ0) is 29.0. The van der Waals surface area contributed by atoms with Crippen LogP contribution < -0.4 is 5.32 Å². The van der Waals surface area contributed by atoms with Gasteiger partial charge in [-0.1, -0.05) is 80.1 Å². The number of amides is 1. The maximum Gasteiger partial charge on any atom is 0.238 e. The van der Waals surface area contributed by atoms with E-state index in [1.165, 1.54) is 24.3 Å². The molecule has 0 bridgehead atoms. The summed E-state index contributed by atoms with van der Waals surface area (Å²) in [5.41, 5.74) is 3.60. The molecule has 0 aromatic heterocycles. The monoisotopic (exact) mass is 556 g/mol. The highest BCUT2D eigenvalue weighted by molar-refractivity contribution is 6.16. The number of rotatable bonds is 6. The van der Waals surface area contributed by atoms with Crippen LogP contribution >= 0.6 is 0 Å². The molecule has 3 aliphatic heterocycles. The van der Waals surface area contributed by atoms with Crippen molar-refractivity contribution >= 4 is 29.2 Å². The van der Waals surface area contributed by atoms with E-state index >= 15 is 0 Å². The van der Waals surface area contributed by atoms with Gasteiger partial charge in [-0.15, -0.1) is 0 Å². The van der Waals surface area contributed by atoms with Crippen molar-refractivity contribution in [2.24, 2.45) is 5.92 Å². The number of aryl methyl sites for hydroxylation is 1. The van der Waals surface area contributed by atoms with Gasteiger partial charge in [0.05, 0.1) is 12.0 Å². The lowest BCUT2D eigenvalue weighted by atomic mass is 9.62. The number of anilines is 1. The summed E-state index contributed by atoms with van der Waals surface area (Å²) < 4.78 is 13.9. The van der Waals surface area contributed by atoms with Crippen molar-refractivity contribution in [1.29, 1.82) is 0 Å². The number of nitrogens with zero attached hydrogens (tertiary/aromatic N) is 1. The number of fused-ring (bicyclic) bond motifs is 6. The molecule has 4 atom stereocenters. The lowest BCUT2D eigenvalue weighted by Gasteiger charge is -2.38. The predicted molar refractivity (Wildman–Crippen MR) is 160 cm³/mol. The van der Waals surface area contributed by atoms with Crippen LogP contribution in [0.4, 0.5) is 10.1 Å². The van der Waals surface area contributed by atoms with Crippen LogP contribution in [0.15, 0.2) is 103 Å². The van der Waals surface area contributed by atoms with Crippen LogP contribution in [-0.4, -0.2) is 28.4 Å². The molecule has 6 heteroatoms. The molecule has 0 saturated carbocycles. The summed E-state index contributed by atoms with van der Waals surface area (Å²) in [6.45, 7) is 2.10. The third-order valence-corrected chi connectivity index (χ3v) is 9.03. The zero-order valence-corrected chi connectivity index (χ0v) is 23.1. The predicted octanol–water partition coefficient (Wildman–Crippen LogP) is 6.76. The molecule has 1 saturated heterocycles. The van der Waals surface area contributed by atoms with Crippen molar-refractivity contribution in [2.45, 2.75) is 37.3 Å². The summed E-state index contributed by atoms with van der Waals surface area (Å²) in [5.74, 6) is -2.43. The average Bonchev–Trinajstić information content (AvgIpc) is 3.49. The number of hydrogen-bond donors (Lipinski definition) is 1. The first-order valence-electron chi connectivity index (χ1n) is 14.3. The van der Waals surface area contributed by atoms with E-state index in [-0.39, 0.29) is 23.0 Å². The third kappa shape index (κ3) is 3.71. The van der Waals surface area contributed by atoms with Crippen molar-refractivity contribution in [3.05, 3.63) is 142 Å². The molecule has 1 fully saturated rings. The second-order valence-corrected chi connectivity index (χ2v) is 11.3. The molecule has 0 aliphatic carbocycles. The molecule has 1 N–H and O–H groups in total.